The Morgan fingerprint density at radius 1 is 0.889 bits per heavy atom. The monoisotopic (exact) mass is 360 g/mol. The Kier molecular flexibility index (Phi) is 4.97. The molecule has 27 heavy (non-hydrogen) atoms. The molecule has 136 valence electrons. The number of alkyl halides is 1. The van der Waals surface area contributed by atoms with Crippen LogP contribution in [0.3, 0.4) is 0 Å². The van der Waals surface area contributed by atoms with Gasteiger partial charge in [0.15, 0.2) is 5.82 Å². The lowest BCUT2D eigenvalue weighted by Gasteiger charge is -2.10. The minimum Gasteiger partial charge on any atom is -0.321 e. The van der Waals surface area contributed by atoms with E-state index >= 15 is 0 Å². The van der Waals surface area contributed by atoms with E-state index in [1.54, 1.807) is 0 Å². The number of nitrogens with zero attached hydrogens (tertiary/aromatic N) is 2. The summed E-state index contributed by atoms with van der Waals surface area (Å²) in [5.74, 6) is 0.376. The number of aryl methyl sites for hydroxylation is 1. The number of hydrogen-bond acceptors (Lipinski definition) is 2. The summed E-state index contributed by atoms with van der Waals surface area (Å²) in [7, 11) is 0. The molecule has 4 rings (SSSR count). The Balaban J connectivity index is 1.79. The summed E-state index contributed by atoms with van der Waals surface area (Å²) < 4.78 is 14.4. The van der Waals surface area contributed by atoms with E-state index in [0.717, 1.165) is 34.6 Å². The van der Waals surface area contributed by atoms with Gasteiger partial charge in [0.25, 0.3) is 0 Å². The molecule has 0 saturated carbocycles. The van der Waals surface area contributed by atoms with Crippen molar-refractivity contribution in [2.24, 2.45) is 0 Å². The summed E-state index contributed by atoms with van der Waals surface area (Å²) in [4.78, 5) is 18.0. The van der Waals surface area contributed by atoms with Crippen molar-refractivity contribution in [3.05, 3.63) is 78.1 Å². The first-order valence-corrected chi connectivity index (χ1v) is 9.33. The van der Waals surface area contributed by atoms with Gasteiger partial charge >= 0.3 is 0 Å². The lowest BCUT2D eigenvalue weighted by molar-refractivity contribution is 0.102. The highest BCUT2D eigenvalue weighted by molar-refractivity contribution is 6.15. The van der Waals surface area contributed by atoms with Crippen molar-refractivity contribution in [2.45, 2.75) is 25.8 Å². The number of halogens is 1. The van der Waals surface area contributed by atoms with Crippen molar-refractivity contribution >= 4 is 27.6 Å². The summed E-state index contributed by atoms with van der Waals surface area (Å²) in [6, 6.07) is 21.4. The number of aromatic nitrogens is 2. The molecule has 3 nitrogen and oxygen atoms in total. The summed E-state index contributed by atoms with van der Waals surface area (Å²) >= 11 is 0. The Labute approximate surface area is 157 Å². The van der Waals surface area contributed by atoms with Crippen LogP contribution in [0.1, 0.15) is 35.4 Å². The number of benzene rings is 3. The van der Waals surface area contributed by atoms with Crippen LogP contribution >= 0.6 is 0 Å². The molecule has 4 aromatic rings. The van der Waals surface area contributed by atoms with Crippen LogP contribution in [0.25, 0.3) is 21.8 Å². The normalized spacial score (nSPS) is 11.3. The fourth-order valence-corrected chi connectivity index (χ4v) is 3.56. The second-order valence-corrected chi connectivity index (χ2v) is 6.68. The second kappa shape index (κ2) is 7.70. The van der Waals surface area contributed by atoms with Gasteiger partial charge in [0, 0.05) is 12.1 Å². The fourth-order valence-electron chi connectivity index (χ4n) is 3.56. The Hall–Kier alpha value is -3.01. The van der Waals surface area contributed by atoms with Crippen LogP contribution < -0.4 is 0 Å². The molecule has 1 heterocycles. The molecule has 0 atom stereocenters. The first-order valence-electron chi connectivity index (χ1n) is 9.33. The number of carbonyl (C=O) groups excluding carboxylic acids is 1. The molecule has 0 saturated heterocycles. The van der Waals surface area contributed by atoms with Crippen LogP contribution in [0.15, 0.2) is 66.7 Å². The van der Waals surface area contributed by atoms with Crippen LogP contribution in [-0.2, 0) is 6.54 Å². The molecule has 3 aromatic carbocycles. The molecule has 0 fully saturated rings. The average molecular weight is 360 g/mol. The maximum absolute atomic E-state index is 13.4. The highest BCUT2D eigenvalue weighted by Crippen LogP contribution is 2.24. The van der Waals surface area contributed by atoms with Gasteiger partial charge in [0.2, 0.25) is 5.78 Å². The molecular weight excluding hydrogens is 339 g/mol. The molecule has 4 heteroatoms. The van der Waals surface area contributed by atoms with E-state index in [-0.39, 0.29) is 12.5 Å². The Morgan fingerprint density at radius 2 is 1.67 bits per heavy atom. The summed E-state index contributed by atoms with van der Waals surface area (Å²) in [6.07, 6.45) is 2.17. The molecule has 0 bridgehead atoms. The molecule has 0 radical (unpaired) electrons. The third kappa shape index (κ3) is 3.35. The van der Waals surface area contributed by atoms with E-state index in [1.807, 2.05) is 71.3 Å². The van der Waals surface area contributed by atoms with Crippen molar-refractivity contribution in [1.29, 1.82) is 0 Å². The Morgan fingerprint density at radius 3 is 2.56 bits per heavy atom. The number of hydrogen-bond donors (Lipinski definition) is 0. The van der Waals surface area contributed by atoms with E-state index in [1.165, 1.54) is 0 Å². The lowest BCUT2D eigenvalue weighted by Crippen LogP contribution is -2.12. The zero-order valence-electron chi connectivity index (χ0n) is 15.1. The van der Waals surface area contributed by atoms with Crippen LogP contribution in [0.5, 0.6) is 0 Å². The third-order valence-electron chi connectivity index (χ3n) is 4.91. The SMILES string of the molecule is O=C(c1cccc2ccccc12)c1nc2ccccc2n1CCCCCF. The zero-order valence-corrected chi connectivity index (χ0v) is 15.1. The fraction of sp³-hybridized carbons (Fsp3) is 0.217. The molecule has 0 spiro atoms. The molecular formula is C23H21FN2O. The van der Waals surface area contributed by atoms with Gasteiger partial charge < -0.3 is 4.57 Å². The van der Waals surface area contributed by atoms with Gasteiger partial charge in [-0.2, -0.15) is 0 Å². The van der Waals surface area contributed by atoms with E-state index in [4.69, 9.17) is 0 Å². The standard InChI is InChI=1S/C23H21FN2O/c24-15-6-1-7-16-26-21-14-5-4-13-20(21)25-23(26)22(27)19-12-8-10-17-9-2-3-11-18(17)19/h2-5,8-14H,1,6-7,15-16H2. The zero-order chi connectivity index (χ0) is 18.6. The van der Waals surface area contributed by atoms with Gasteiger partial charge in [0.1, 0.15) is 0 Å². The van der Waals surface area contributed by atoms with Gasteiger partial charge in [-0.05, 0) is 42.2 Å². The second-order valence-electron chi connectivity index (χ2n) is 6.68. The number of carbonyl (C=O) groups is 1. The van der Waals surface area contributed by atoms with Gasteiger partial charge in [-0.25, -0.2) is 4.98 Å². The van der Waals surface area contributed by atoms with Gasteiger partial charge in [-0.1, -0.05) is 54.6 Å². The molecule has 0 unspecified atom stereocenters. The van der Waals surface area contributed by atoms with E-state index < -0.39 is 0 Å². The topological polar surface area (TPSA) is 34.9 Å². The average Bonchev–Trinajstić information content (AvgIpc) is 3.09. The Bertz CT molecular complexity index is 1090. The maximum Gasteiger partial charge on any atom is 0.229 e. The molecule has 0 aliphatic heterocycles. The van der Waals surface area contributed by atoms with Crippen molar-refractivity contribution < 1.29 is 9.18 Å². The first-order chi connectivity index (χ1) is 13.3. The van der Waals surface area contributed by atoms with E-state index in [9.17, 15) is 9.18 Å². The number of unbranched alkanes of at least 4 members (excludes halogenated alkanes) is 2. The third-order valence-corrected chi connectivity index (χ3v) is 4.91. The highest BCUT2D eigenvalue weighted by atomic mass is 19.1. The molecule has 0 N–H and O–H groups in total. The smallest absolute Gasteiger partial charge is 0.229 e. The van der Waals surface area contributed by atoms with Crippen molar-refractivity contribution in [3.63, 3.8) is 0 Å². The number of fused-ring (bicyclic) bond motifs is 2. The predicted molar refractivity (Wildman–Crippen MR) is 107 cm³/mol. The molecule has 1 aromatic heterocycles. The van der Waals surface area contributed by atoms with Crippen LogP contribution in [0, 0.1) is 0 Å². The number of rotatable bonds is 7. The maximum atomic E-state index is 13.4. The van der Waals surface area contributed by atoms with Gasteiger partial charge in [-0.15, -0.1) is 0 Å². The first kappa shape index (κ1) is 17.4. The van der Waals surface area contributed by atoms with Crippen molar-refractivity contribution in [2.75, 3.05) is 6.67 Å². The summed E-state index contributed by atoms with van der Waals surface area (Å²) in [5.41, 5.74) is 2.42. The van der Waals surface area contributed by atoms with Gasteiger partial charge in [-0.3, -0.25) is 9.18 Å². The van der Waals surface area contributed by atoms with Crippen molar-refractivity contribution in [1.82, 2.24) is 9.55 Å². The minimum absolute atomic E-state index is 0.0755. The van der Waals surface area contributed by atoms with Crippen LogP contribution in [0.2, 0.25) is 0 Å². The number of para-hydroxylation sites is 2. The quantitative estimate of drug-likeness (QED) is 0.319. The number of ketones is 1. The molecule has 0 aliphatic rings. The van der Waals surface area contributed by atoms with Gasteiger partial charge in [0.05, 0.1) is 17.7 Å². The molecule has 0 aliphatic carbocycles. The predicted octanol–water partition coefficient (Wildman–Crippen LogP) is 5.56. The van der Waals surface area contributed by atoms with E-state index in [2.05, 4.69) is 4.98 Å². The number of imidazole rings is 1. The van der Waals surface area contributed by atoms with Crippen LogP contribution in [-0.4, -0.2) is 22.0 Å². The largest absolute Gasteiger partial charge is 0.321 e. The van der Waals surface area contributed by atoms with E-state index in [0.29, 0.717) is 24.4 Å². The highest BCUT2D eigenvalue weighted by Gasteiger charge is 2.20. The van der Waals surface area contributed by atoms with Crippen LogP contribution in [0.4, 0.5) is 4.39 Å². The lowest BCUT2D eigenvalue weighted by atomic mass is 10.0. The minimum atomic E-state index is -0.299. The van der Waals surface area contributed by atoms with Crippen molar-refractivity contribution in [3.8, 4) is 0 Å². The molecule has 0 amide bonds. The summed E-state index contributed by atoms with van der Waals surface area (Å²) in [6.45, 7) is 0.360. The summed E-state index contributed by atoms with van der Waals surface area (Å²) in [5, 5.41) is 1.97.